The lowest BCUT2D eigenvalue weighted by Gasteiger charge is -2.20. The van der Waals surface area contributed by atoms with E-state index in [1.54, 1.807) is 20.3 Å². The highest BCUT2D eigenvalue weighted by Crippen LogP contribution is 2.37. The minimum Gasteiger partial charge on any atom is -0.493 e. The van der Waals surface area contributed by atoms with Crippen molar-refractivity contribution >= 4 is 34.2 Å². The van der Waals surface area contributed by atoms with Crippen molar-refractivity contribution in [2.24, 2.45) is 0 Å². The van der Waals surface area contributed by atoms with Crippen LogP contribution in [-0.4, -0.2) is 21.3 Å². The van der Waals surface area contributed by atoms with E-state index in [9.17, 15) is 0 Å². The first kappa shape index (κ1) is 16.4. The Labute approximate surface area is 143 Å². The second-order valence-electron chi connectivity index (χ2n) is 4.50. The number of nitrogens with one attached hydrogen (secondary N) is 1. The maximum Gasteiger partial charge on any atom is 0.162 e. The number of methoxy groups -OCH3 is 2. The summed E-state index contributed by atoms with van der Waals surface area (Å²) in [5.74, 6) is 1.30. The first-order chi connectivity index (χ1) is 10.1. The molecule has 0 aliphatic carbocycles. The van der Waals surface area contributed by atoms with E-state index >= 15 is 0 Å². The van der Waals surface area contributed by atoms with Crippen molar-refractivity contribution in [1.82, 2.24) is 5.32 Å². The van der Waals surface area contributed by atoms with Gasteiger partial charge in [-0.25, -0.2) is 0 Å². The smallest absolute Gasteiger partial charge is 0.162 e. The van der Waals surface area contributed by atoms with E-state index in [0.717, 1.165) is 11.1 Å². The summed E-state index contributed by atoms with van der Waals surface area (Å²) in [7, 11) is 5.13. The van der Waals surface area contributed by atoms with Gasteiger partial charge in [0.1, 0.15) is 0 Å². The molecule has 0 saturated carbocycles. The van der Waals surface area contributed by atoms with E-state index in [2.05, 4.69) is 52.2 Å². The van der Waals surface area contributed by atoms with E-state index in [1.807, 2.05) is 13.1 Å². The van der Waals surface area contributed by atoms with Gasteiger partial charge in [0, 0.05) is 14.7 Å². The van der Waals surface area contributed by atoms with Crippen LogP contribution >= 0.6 is 34.2 Å². The molecule has 0 aliphatic heterocycles. The van der Waals surface area contributed by atoms with Gasteiger partial charge in [0.2, 0.25) is 0 Å². The Kier molecular flexibility index (Phi) is 5.72. The summed E-state index contributed by atoms with van der Waals surface area (Å²) >= 11 is 8.71. The lowest BCUT2D eigenvalue weighted by molar-refractivity contribution is 0.354. The van der Waals surface area contributed by atoms with Crippen molar-refractivity contribution < 1.29 is 9.47 Å². The summed E-state index contributed by atoms with van der Waals surface area (Å²) in [4.78, 5) is 0. The van der Waals surface area contributed by atoms with Crippen LogP contribution in [0.25, 0.3) is 0 Å². The van der Waals surface area contributed by atoms with Crippen molar-refractivity contribution in [3.05, 3.63) is 56.1 Å². The van der Waals surface area contributed by atoms with Crippen LogP contribution in [0.4, 0.5) is 0 Å². The minimum atomic E-state index is -0.00527. The Morgan fingerprint density at radius 1 is 1.05 bits per heavy atom. The number of rotatable bonds is 5. The maximum atomic E-state index is 6.41. The fraction of sp³-hybridized carbons (Fsp3) is 0.250. The van der Waals surface area contributed by atoms with Crippen LogP contribution in [0.2, 0.25) is 5.02 Å². The van der Waals surface area contributed by atoms with Crippen molar-refractivity contribution in [1.29, 1.82) is 0 Å². The monoisotopic (exact) mass is 417 g/mol. The van der Waals surface area contributed by atoms with E-state index in [1.165, 1.54) is 3.57 Å². The van der Waals surface area contributed by atoms with Crippen LogP contribution in [0.15, 0.2) is 36.4 Å². The van der Waals surface area contributed by atoms with Crippen LogP contribution in [0.3, 0.4) is 0 Å². The van der Waals surface area contributed by atoms with E-state index in [4.69, 9.17) is 21.1 Å². The maximum absolute atomic E-state index is 6.41. The van der Waals surface area contributed by atoms with Gasteiger partial charge in [-0.15, -0.1) is 0 Å². The Bertz CT molecular complexity index is 616. The average molecular weight is 418 g/mol. The molecule has 0 amide bonds. The lowest BCUT2D eigenvalue weighted by Crippen LogP contribution is -2.18. The quantitative estimate of drug-likeness (QED) is 0.737. The molecule has 0 aliphatic rings. The Morgan fingerprint density at radius 2 is 1.62 bits per heavy atom. The summed E-state index contributed by atoms with van der Waals surface area (Å²) in [6.45, 7) is 0. The Hall–Kier alpha value is -0.980. The van der Waals surface area contributed by atoms with Crippen LogP contribution in [0.1, 0.15) is 17.2 Å². The second kappa shape index (κ2) is 7.33. The molecular weight excluding hydrogens is 401 g/mol. The van der Waals surface area contributed by atoms with Crippen LogP contribution < -0.4 is 14.8 Å². The summed E-state index contributed by atoms with van der Waals surface area (Å²) in [6.07, 6.45) is 0. The fourth-order valence-corrected chi connectivity index (χ4v) is 2.87. The third kappa shape index (κ3) is 3.62. The third-order valence-corrected chi connectivity index (χ3v) is 4.35. The second-order valence-corrected chi connectivity index (χ2v) is 6.15. The number of hydrogen-bond donors (Lipinski definition) is 1. The number of hydrogen-bond acceptors (Lipinski definition) is 3. The average Bonchev–Trinajstić information content (AvgIpc) is 2.50. The van der Waals surface area contributed by atoms with Crippen molar-refractivity contribution in [3.8, 4) is 11.5 Å². The van der Waals surface area contributed by atoms with Gasteiger partial charge in [-0.05, 0) is 59.0 Å². The molecular formula is C16H17ClINO2. The van der Waals surface area contributed by atoms with Crippen molar-refractivity contribution in [2.45, 2.75) is 6.04 Å². The predicted octanol–water partition coefficient (Wildman–Crippen LogP) is 4.27. The standard InChI is InChI=1S/C16H17ClINO2/c1-19-16(10-4-6-11(18)7-5-10)12-8-14(20-2)15(21-3)9-13(12)17/h4-9,16,19H,1-3H3. The molecule has 21 heavy (non-hydrogen) atoms. The predicted molar refractivity (Wildman–Crippen MR) is 94.6 cm³/mol. The van der Waals surface area contributed by atoms with Crippen molar-refractivity contribution in [2.75, 3.05) is 21.3 Å². The topological polar surface area (TPSA) is 30.5 Å². The zero-order valence-electron chi connectivity index (χ0n) is 12.1. The summed E-state index contributed by atoms with van der Waals surface area (Å²) in [5.41, 5.74) is 2.10. The van der Waals surface area contributed by atoms with E-state index in [0.29, 0.717) is 16.5 Å². The highest BCUT2D eigenvalue weighted by molar-refractivity contribution is 14.1. The molecule has 0 heterocycles. The van der Waals surface area contributed by atoms with Gasteiger partial charge in [0.25, 0.3) is 0 Å². The van der Waals surface area contributed by atoms with Crippen LogP contribution in [0.5, 0.6) is 11.5 Å². The molecule has 0 spiro atoms. The molecule has 0 radical (unpaired) electrons. The molecule has 112 valence electrons. The van der Waals surface area contributed by atoms with Crippen LogP contribution in [-0.2, 0) is 0 Å². The molecule has 1 atom stereocenters. The molecule has 0 aromatic heterocycles. The highest BCUT2D eigenvalue weighted by atomic mass is 127. The van der Waals surface area contributed by atoms with Gasteiger partial charge in [-0.2, -0.15) is 0 Å². The third-order valence-electron chi connectivity index (χ3n) is 3.31. The summed E-state index contributed by atoms with van der Waals surface area (Å²) < 4.78 is 11.8. The molecule has 5 heteroatoms. The van der Waals surface area contributed by atoms with Gasteiger partial charge in [0.15, 0.2) is 11.5 Å². The lowest BCUT2D eigenvalue weighted by atomic mass is 9.98. The van der Waals surface area contributed by atoms with E-state index in [-0.39, 0.29) is 6.04 Å². The fourth-order valence-electron chi connectivity index (χ4n) is 2.25. The molecule has 2 aromatic rings. The number of halogens is 2. The largest absolute Gasteiger partial charge is 0.493 e. The SMILES string of the molecule is CNC(c1ccc(I)cc1)c1cc(OC)c(OC)cc1Cl. The van der Waals surface area contributed by atoms with Crippen LogP contribution in [0, 0.1) is 3.57 Å². The molecule has 0 bridgehead atoms. The Morgan fingerprint density at radius 3 is 2.14 bits per heavy atom. The molecule has 2 rings (SSSR count). The first-order valence-corrected chi connectivity index (χ1v) is 7.90. The van der Waals surface area contributed by atoms with Gasteiger partial charge >= 0.3 is 0 Å². The molecule has 3 nitrogen and oxygen atoms in total. The minimum absolute atomic E-state index is 0.00527. The molecule has 1 N–H and O–H groups in total. The Balaban J connectivity index is 2.49. The molecule has 0 saturated heterocycles. The zero-order valence-corrected chi connectivity index (χ0v) is 15.0. The van der Waals surface area contributed by atoms with Gasteiger partial charge in [-0.3, -0.25) is 0 Å². The summed E-state index contributed by atoms with van der Waals surface area (Å²) in [6, 6.07) is 12.0. The first-order valence-electron chi connectivity index (χ1n) is 6.44. The molecule has 0 fully saturated rings. The highest BCUT2D eigenvalue weighted by Gasteiger charge is 2.18. The van der Waals surface area contributed by atoms with Crippen molar-refractivity contribution in [3.63, 3.8) is 0 Å². The van der Waals surface area contributed by atoms with Gasteiger partial charge in [0.05, 0.1) is 20.3 Å². The number of benzene rings is 2. The molecule has 2 aromatic carbocycles. The summed E-state index contributed by atoms with van der Waals surface area (Å²) in [5, 5.41) is 3.94. The number of ether oxygens (including phenoxy) is 2. The normalized spacial score (nSPS) is 12.0. The van der Waals surface area contributed by atoms with Gasteiger partial charge < -0.3 is 14.8 Å². The van der Waals surface area contributed by atoms with Gasteiger partial charge in [-0.1, -0.05) is 23.7 Å². The molecule has 1 unspecified atom stereocenters. The zero-order chi connectivity index (χ0) is 15.4. The van der Waals surface area contributed by atoms with E-state index < -0.39 is 0 Å².